The van der Waals surface area contributed by atoms with E-state index < -0.39 is 0 Å². The first-order valence-electron chi connectivity index (χ1n) is 6.28. The molecular formula is C15H15ClN2O. The van der Waals surface area contributed by atoms with Crippen LogP contribution in [-0.4, -0.2) is 18.3 Å². The Bertz CT molecular complexity index is 668. The predicted molar refractivity (Wildman–Crippen MR) is 79.8 cm³/mol. The zero-order valence-electron chi connectivity index (χ0n) is 10.7. The lowest BCUT2D eigenvalue weighted by atomic mass is 9.95. The molecule has 0 aromatic heterocycles. The van der Waals surface area contributed by atoms with Crippen LogP contribution in [0.1, 0.15) is 18.4 Å². The highest BCUT2D eigenvalue weighted by molar-refractivity contribution is 6.19. The molecule has 98 valence electrons. The summed E-state index contributed by atoms with van der Waals surface area (Å²) in [6, 6.07) is 9.91. The number of nitrogen functional groups attached to an aromatic ring is 1. The maximum Gasteiger partial charge on any atom is 0.223 e. The van der Waals surface area contributed by atoms with Crippen LogP contribution in [0, 0.1) is 0 Å². The highest BCUT2D eigenvalue weighted by Crippen LogP contribution is 2.43. The molecule has 0 saturated carbocycles. The van der Waals surface area contributed by atoms with Gasteiger partial charge in [0, 0.05) is 42.0 Å². The number of carbonyl (C=O) groups is 1. The SMILES string of the molecule is CC(=O)N1C[C@@H](CCl)c2c1cc(N)c1ccccc21. The smallest absolute Gasteiger partial charge is 0.223 e. The number of amides is 1. The molecule has 4 heteroatoms. The number of halogens is 1. The minimum atomic E-state index is 0.0311. The van der Waals surface area contributed by atoms with Gasteiger partial charge in [-0.05, 0) is 17.0 Å². The van der Waals surface area contributed by atoms with Crippen molar-refractivity contribution in [2.24, 2.45) is 0 Å². The molecule has 2 N–H and O–H groups in total. The molecule has 19 heavy (non-hydrogen) atoms. The normalized spacial score (nSPS) is 17.8. The molecule has 0 unspecified atom stereocenters. The summed E-state index contributed by atoms with van der Waals surface area (Å²) < 4.78 is 0. The number of rotatable bonds is 1. The average Bonchev–Trinajstić information content (AvgIpc) is 2.78. The number of benzene rings is 2. The molecule has 2 aromatic rings. The van der Waals surface area contributed by atoms with E-state index in [1.807, 2.05) is 30.3 Å². The highest BCUT2D eigenvalue weighted by Gasteiger charge is 2.32. The van der Waals surface area contributed by atoms with Gasteiger partial charge in [-0.1, -0.05) is 24.3 Å². The van der Waals surface area contributed by atoms with Crippen molar-refractivity contribution in [3.8, 4) is 0 Å². The zero-order chi connectivity index (χ0) is 13.6. The van der Waals surface area contributed by atoms with Crippen molar-refractivity contribution >= 4 is 39.7 Å². The quantitative estimate of drug-likeness (QED) is 0.641. The molecule has 0 aliphatic carbocycles. The van der Waals surface area contributed by atoms with Gasteiger partial charge in [-0.25, -0.2) is 0 Å². The molecule has 2 aromatic carbocycles. The summed E-state index contributed by atoms with van der Waals surface area (Å²) >= 11 is 6.08. The van der Waals surface area contributed by atoms with Crippen molar-refractivity contribution in [3.05, 3.63) is 35.9 Å². The summed E-state index contributed by atoms with van der Waals surface area (Å²) in [5.74, 6) is 0.708. The third kappa shape index (κ3) is 1.77. The third-order valence-corrected chi connectivity index (χ3v) is 4.14. The Balaban J connectivity index is 2.34. The van der Waals surface area contributed by atoms with Crippen LogP contribution in [0.5, 0.6) is 0 Å². The Hall–Kier alpha value is -1.74. The summed E-state index contributed by atoms with van der Waals surface area (Å²) in [5.41, 5.74) is 8.87. The van der Waals surface area contributed by atoms with E-state index in [9.17, 15) is 4.79 Å². The van der Waals surface area contributed by atoms with Gasteiger partial charge in [0.15, 0.2) is 0 Å². The van der Waals surface area contributed by atoms with Crippen LogP contribution in [0.25, 0.3) is 10.8 Å². The Morgan fingerprint density at radius 2 is 2.11 bits per heavy atom. The van der Waals surface area contributed by atoms with Gasteiger partial charge < -0.3 is 10.6 Å². The standard InChI is InChI=1S/C15H15ClN2O/c1-9(19)18-8-10(7-16)15-12-5-3-2-4-11(12)13(17)6-14(15)18/h2-6,10H,7-8,17H2,1H3/t10-/m1/s1. The fourth-order valence-corrected chi connectivity index (χ4v) is 3.15. The number of hydrogen-bond donors (Lipinski definition) is 1. The number of carbonyl (C=O) groups excluding carboxylic acids is 1. The summed E-state index contributed by atoms with van der Waals surface area (Å²) in [7, 11) is 0. The Morgan fingerprint density at radius 1 is 1.42 bits per heavy atom. The third-order valence-electron chi connectivity index (χ3n) is 3.76. The molecule has 3 nitrogen and oxygen atoms in total. The fourth-order valence-electron chi connectivity index (χ4n) is 2.90. The van der Waals surface area contributed by atoms with Crippen molar-refractivity contribution in [2.75, 3.05) is 23.1 Å². The molecule has 3 rings (SSSR count). The van der Waals surface area contributed by atoms with Gasteiger partial charge in [-0.15, -0.1) is 11.6 Å². The number of fused-ring (bicyclic) bond motifs is 3. The van der Waals surface area contributed by atoms with Crippen LogP contribution in [-0.2, 0) is 4.79 Å². The van der Waals surface area contributed by atoms with Crippen LogP contribution < -0.4 is 10.6 Å². The van der Waals surface area contributed by atoms with Gasteiger partial charge in [0.25, 0.3) is 0 Å². The van der Waals surface area contributed by atoms with Crippen LogP contribution in [0.2, 0.25) is 0 Å². The van der Waals surface area contributed by atoms with E-state index in [2.05, 4.69) is 0 Å². The fraction of sp³-hybridized carbons (Fsp3) is 0.267. The zero-order valence-corrected chi connectivity index (χ0v) is 11.4. The van der Waals surface area contributed by atoms with Crippen molar-refractivity contribution in [1.82, 2.24) is 0 Å². The number of nitrogens with zero attached hydrogens (tertiary/aromatic N) is 1. The van der Waals surface area contributed by atoms with Crippen LogP contribution in [0.15, 0.2) is 30.3 Å². The number of anilines is 2. The van der Waals surface area contributed by atoms with Crippen LogP contribution in [0.4, 0.5) is 11.4 Å². The van der Waals surface area contributed by atoms with E-state index in [0.717, 1.165) is 22.0 Å². The van der Waals surface area contributed by atoms with Crippen molar-refractivity contribution in [1.29, 1.82) is 0 Å². The van der Waals surface area contributed by atoms with Crippen LogP contribution in [0.3, 0.4) is 0 Å². The van der Waals surface area contributed by atoms with E-state index in [-0.39, 0.29) is 11.8 Å². The molecule has 0 bridgehead atoms. The molecule has 1 aliphatic heterocycles. The van der Waals surface area contributed by atoms with Crippen molar-refractivity contribution < 1.29 is 4.79 Å². The minimum Gasteiger partial charge on any atom is -0.398 e. The van der Waals surface area contributed by atoms with E-state index in [0.29, 0.717) is 18.1 Å². The number of hydrogen-bond acceptors (Lipinski definition) is 2. The molecule has 1 atom stereocenters. The highest BCUT2D eigenvalue weighted by atomic mass is 35.5. The van der Waals surface area contributed by atoms with Crippen molar-refractivity contribution in [2.45, 2.75) is 12.8 Å². The first kappa shape index (κ1) is 12.3. The predicted octanol–water partition coefficient (Wildman–Crippen LogP) is 3.11. The van der Waals surface area contributed by atoms with Gasteiger partial charge in [0.1, 0.15) is 0 Å². The summed E-state index contributed by atoms with van der Waals surface area (Å²) in [6.45, 7) is 2.22. The van der Waals surface area contributed by atoms with Gasteiger partial charge in [0.2, 0.25) is 5.91 Å². The van der Waals surface area contributed by atoms with E-state index in [4.69, 9.17) is 17.3 Å². The molecule has 0 fully saturated rings. The second-order valence-electron chi connectivity index (χ2n) is 4.93. The largest absolute Gasteiger partial charge is 0.398 e. The molecule has 1 aliphatic rings. The maximum atomic E-state index is 11.8. The first-order chi connectivity index (χ1) is 9.13. The second-order valence-corrected chi connectivity index (χ2v) is 5.23. The second kappa shape index (κ2) is 4.42. The summed E-state index contributed by atoms with van der Waals surface area (Å²) in [4.78, 5) is 13.5. The van der Waals surface area contributed by atoms with Gasteiger partial charge >= 0.3 is 0 Å². The molecule has 0 spiro atoms. The molecular weight excluding hydrogens is 260 g/mol. The Labute approximate surface area is 116 Å². The van der Waals surface area contributed by atoms with Crippen LogP contribution >= 0.6 is 11.6 Å². The van der Waals surface area contributed by atoms with Crippen molar-refractivity contribution in [3.63, 3.8) is 0 Å². The van der Waals surface area contributed by atoms with Gasteiger partial charge in [-0.2, -0.15) is 0 Å². The van der Waals surface area contributed by atoms with Gasteiger partial charge in [0.05, 0.1) is 0 Å². The monoisotopic (exact) mass is 274 g/mol. The lowest BCUT2D eigenvalue weighted by molar-refractivity contribution is -0.116. The molecule has 1 heterocycles. The topological polar surface area (TPSA) is 46.3 Å². The lowest BCUT2D eigenvalue weighted by Gasteiger charge is -2.16. The lowest BCUT2D eigenvalue weighted by Crippen LogP contribution is -2.27. The van der Waals surface area contributed by atoms with E-state index in [1.54, 1.807) is 11.8 Å². The molecule has 0 saturated heterocycles. The number of alkyl halides is 1. The Kier molecular flexibility index (Phi) is 2.86. The van der Waals surface area contributed by atoms with E-state index in [1.165, 1.54) is 0 Å². The Morgan fingerprint density at radius 3 is 2.74 bits per heavy atom. The molecule has 1 amide bonds. The molecule has 0 radical (unpaired) electrons. The maximum absolute atomic E-state index is 11.8. The number of nitrogens with two attached hydrogens (primary N) is 1. The first-order valence-corrected chi connectivity index (χ1v) is 6.82. The average molecular weight is 275 g/mol. The summed E-state index contributed by atoms with van der Waals surface area (Å²) in [6.07, 6.45) is 0. The minimum absolute atomic E-state index is 0.0311. The summed E-state index contributed by atoms with van der Waals surface area (Å²) in [5, 5.41) is 2.13. The van der Waals surface area contributed by atoms with E-state index >= 15 is 0 Å². The van der Waals surface area contributed by atoms with Gasteiger partial charge in [-0.3, -0.25) is 4.79 Å².